The summed E-state index contributed by atoms with van der Waals surface area (Å²) in [5.74, 6) is 0. The summed E-state index contributed by atoms with van der Waals surface area (Å²) >= 11 is 0. The zero-order valence-corrected chi connectivity index (χ0v) is 12.2. The van der Waals surface area contributed by atoms with Crippen LogP contribution in [0.2, 0.25) is 0 Å². The van der Waals surface area contributed by atoms with Gasteiger partial charge in [-0.2, -0.15) is 15.0 Å². The van der Waals surface area contributed by atoms with E-state index in [2.05, 4.69) is 27.3 Å². The van der Waals surface area contributed by atoms with Crippen molar-refractivity contribution in [1.29, 1.82) is 0 Å². The Kier molecular flexibility index (Phi) is 3.98. The molecule has 0 unspecified atom stereocenters. The van der Waals surface area contributed by atoms with Crippen LogP contribution in [-0.2, 0) is 0 Å². The molecule has 20 heavy (non-hydrogen) atoms. The van der Waals surface area contributed by atoms with Crippen molar-refractivity contribution in [3.63, 3.8) is 0 Å². The fraction of sp³-hybridized carbons (Fsp3) is 0.267. The van der Waals surface area contributed by atoms with E-state index in [0.717, 1.165) is 27.2 Å². The van der Waals surface area contributed by atoms with Crippen LogP contribution in [0.1, 0.15) is 11.1 Å². The highest BCUT2D eigenvalue weighted by Gasteiger charge is 2.06. The summed E-state index contributed by atoms with van der Waals surface area (Å²) in [4.78, 5) is 2.06. The molecular weight excluding hydrogens is 252 g/mol. The van der Waals surface area contributed by atoms with Crippen molar-refractivity contribution in [3.05, 3.63) is 53.0 Å². The third-order valence-corrected chi connectivity index (χ3v) is 3.04. The van der Waals surface area contributed by atoms with Gasteiger partial charge in [-0.05, 0) is 37.1 Å². The van der Waals surface area contributed by atoms with Crippen LogP contribution in [0.5, 0.6) is 0 Å². The Hall–Kier alpha value is -2.43. The molecule has 0 radical (unpaired) electrons. The van der Waals surface area contributed by atoms with Gasteiger partial charge in [-0.25, -0.2) is 0 Å². The fourth-order valence-corrected chi connectivity index (χ4v) is 1.93. The van der Waals surface area contributed by atoms with E-state index in [9.17, 15) is 5.21 Å². The second kappa shape index (κ2) is 5.69. The summed E-state index contributed by atoms with van der Waals surface area (Å²) in [6.07, 6.45) is 2.81. The maximum atomic E-state index is 10.9. The van der Waals surface area contributed by atoms with Gasteiger partial charge in [0.1, 0.15) is 0 Å². The van der Waals surface area contributed by atoms with Crippen LogP contribution in [0.25, 0.3) is 0 Å². The monoisotopic (exact) mass is 270 g/mol. The van der Waals surface area contributed by atoms with E-state index < -0.39 is 0 Å². The van der Waals surface area contributed by atoms with Gasteiger partial charge in [0, 0.05) is 31.9 Å². The molecule has 0 aliphatic heterocycles. The number of aromatic nitrogens is 1. The van der Waals surface area contributed by atoms with E-state index in [-0.39, 0.29) is 0 Å². The predicted octanol–water partition coefficient (Wildman–Crippen LogP) is 3.42. The number of azo groups is 1. The van der Waals surface area contributed by atoms with Crippen molar-refractivity contribution in [2.45, 2.75) is 13.8 Å². The standard InChI is InChI=1S/C15H18N4O/c1-11-9-14(18(3)4)10-12(2)15(11)17-16-13-5-7-19(20)8-6-13/h5-10H,1-4H3. The molecule has 0 bridgehead atoms. The van der Waals surface area contributed by atoms with Gasteiger partial charge in [-0.15, -0.1) is 0 Å². The molecule has 1 heterocycles. The Morgan fingerprint density at radius 3 is 2.05 bits per heavy atom. The number of aryl methyl sites for hydroxylation is 2. The van der Waals surface area contributed by atoms with E-state index in [1.807, 2.05) is 27.9 Å². The summed E-state index contributed by atoms with van der Waals surface area (Å²) in [6, 6.07) is 7.43. The second-order valence-corrected chi connectivity index (χ2v) is 4.94. The first-order chi connectivity index (χ1) is 9.47. The number of pyridine rings is 1. The van der Waals surface area contributed by atoms with Gasteiger partial charge >= 0.3 is 0 Å². The first kappa shape index (κ1) is 14.0. The van der Waals surface area contributed by atoms with E-state index in [0.29, 0.717) is 5.69 Å². The Morgan fingerprint density at radius 1 is 1.00 bits per heavy atom. The lowest BCUT2D eigenvalue weighted by atomic mass is 10.1. The van der Waals surface area contributed by atoms with Gasteiger partial charge in [0.05, 0.1) is 11.4 Å². The lowest BCUT2D eigenvalue weighted by Gasteiger charge is -2.15. The number of anilines is 1. The highest BCUT2D eigenvalue weighted by molar-refractivity contribution is 5.61. The van der Waals surface area contributed by atoms with Crippen LogP contribution in [0.4, 0.5) is 17.1 Å². The Bertz CT molecular complexity index is 610. The minimum atomic E-state index is 0.660. The lowest BCUT2D eigenvalue weighted by Crippen LogP contribution is -2.22. The van der Waals surface area contributed by atoms with E-state index in [4.69, 9.17) is 0 Å². The maximum absolute atomic E-state index is 10.9. The van der Waals surface area contributed by atoms with Crippen molar-refractivity contribution in [1.82, 2.24) is 0 Å². The van der Waals surface area contributed by atoms with Crippen LogP contribution >= 0.6 is 0 Å². The van der Waals surface area contributed by atoms with Gasteiger partial charge in [0.2, 0.25) is 0 Å². The molecule has 5 heteroatoms. The molecule has 5 nitrogen and oxygen atoms in total. The fourth-order valence-electron chi connectivity index (χ4n) is 1.93. The summed E-state index contributed by atoms with van der Waals surface area (Å²) < 4.78 is 0.724. The van der Waals surface area contributed by atoms with Crippen LogP contribution < -0.4 is 9.63 Å². The summed E-state index contributed by atoms with van der Waals surface area (Å²) in [5.41, 5.74) is 4.83. The second-order valence-electron chi connectivity index (χ2n) is 4.94. The van der Waals surface area contributed by atoms with E-state index >= 15 is 0 Å². The SMILES string of the molecule is Cc1cc(N(C)C)cc(C)c1N=Nc1cc[n+]([O-])cc1. The summed E-state index contributed by atoms with van der Waals surface area (Å²) in [6.45, 7) is 4.04. The minimum Gasteiger partial charge on any atom is -0.619 e. The third-order valence-electron chi connectivity index (χ3n) is 3.04. The van der Waals surface area contributed by atoms with Crippen molar-refractivity contribution < 1.29 is 4.73 Å². The largest absolute Gasteiger partial charge is 0.619 e. The molecule has 2 rings (SSSR count). The molecule has 0 atom stereocenters. The molecule has 0 saturated heterocycles. The molecule has 2 aromatic rings. The third kappa shape index (κ3) is 3.12. The van der Waals surface area contributed by atoms with Crippen molar-refractivity contribution in [3.8, 4) is 0 Å². The number of benzene rings is 1. The molecular formula is C15H18N4O. The highest BCUT2D eigenvalue weighted by Crippen LogP contribution is 2.29. The number of rotatable bonds is 3. The summed E-state index contributed by atoms with van der Waals surface area (Å²) in [7, 11) is 4.02. The average molecular weight is 270 g/mol. The number of nitrogens with zero attached hydrogens (tertiary/aromatic N) is 4. The average Bonchev–Trinajstić information content (AvgIpc) is 2.39. The van der Waals surface area contributed by atoms with Gasteiger partial charge < -0.3 is 10.1 Å². The van der Waals surface area contributed by atoms with Gasteiger partial charge in [0.25, 0.3) is 0 Å². The number of hydrogen-bond donors (Lipinski definition) is 0. The Labute approximate surface area is 118 Å². The molecule has 1 aromatic heterocycles. The maximum Gasteiger partial charge on any atom is 0.182 e. The first-order valence-electron chi connectivity index (χ1n) is 6.36. The van der Waals surface area contributed by atoms with Crippen molar-refractivity contribution in [2.75, 3.05) is 19.0 Å². The minimum absolute atomic E-state index is 0.660. The molecule has 0 aliphatic carbocycles. The summed E-state index contributed by atoms with van der Waals surface area (Å²) in [5, 5.41) is 19.4. The van der Waals surface area contributed by atoms with E-state index in [1.165, 1.54) is 12.4 Å². The molecule has 0 saturated carbocycles. The van der Waals surface area contributed by atoms with Gasteiger partial charge in [-0.1, -0.05) is 0 Å². The Morgan fingerprint density at radius 2 is 1.55 bits per heavy atom. The van der Waals surface area contributed by atoms with E-state index in [1.54, 1.807) is 12.1 Å². The lowest BCUT2D eigenvalue weighted by molar-refractivity contribution is -0.605. The quantitative estimate of drug-likeness (QED) is 0.487. The van der Waals surface area contributed by atoms with Crippen molar-refractivity contribution >= 4 is 17.1 Å². The zero-order chi connectivity index (χ0) is 14.7. The number of hydrogen-bond acceptors (Lipinski definition) is 4. The highest BCUT2D eigenvalue weighted by atomic mass is 16.5. The van der Waals surface area contributed by atoms with Crippen molar-refractivity contribution in [2.24, 2.45) is 10.2 Å². The molecule has 104 valence electrons. The molecule has 0 spiro atoms. The molecule has 0 N–H and O–H groups in total. The Balaban J connectivity index is 2.31. The molecule has 0 fully saturated rings. The topological polar surface area (TPSA) is 54.9 Å². The van der Waals surface area contributed by atoms with Gasteiger partial charge in [-0.3, -0.25) is 0 Å². The van der Waals surface area contributed by atoms with Crippen LogP contribution in [0.15, 0.2) is 46.9 Å². The van der Waals surface area contributed by atoms with Gasteiger partial charge in [0.15, 0.2) is 12.4 Å². The zero-order valence-electron chi connectivity index (χ0n) is 12.2. The van der Waals surface area contributed by atoms with Crippen LogP contribution in [-0.4, -0.2) is 14.1 Å². The smallest absolute Gasteiger partial charge is 0.182 e. The van der Waals surface area contributed by atoms with Crippen LogP contribution in [0, 0.1) is 19.1 Å². The normalized spacial score (nSPS) is 11.0. The molecule has 0 amide bonds. The molecule has 1 aromatic carbocycles. The van der Waals surface area contributed by atoms with Crippen LogP contribution in [0.3, 0.4) is 0 Å². The molecule has 0 aliphatic rings. The first-order valence-corrected chi connectivity index (χ1v) is 6.36. The predicted molar refractivity (Wildman–Crippen MR) is 79.8 cm³/mol.